The number of rotatable bonds is 0. The van der Waals surface area contributed by atoms with Gasteiger partial charge in [0.05, 0.1) is 29.1 Å². The van der Waals surface area contributed by atoms with E-state index in [1.54, 1.807) is 0 Å². The van der Waals surface area contributed by atoms with Gasteiger partial charge in [-0.1, -0.05) is 0 Å². The minimum atomic E-state index is -2.17. The molecule has 1 aromatic carbocycles. The Balaban J connectivity index is -0.0000000879. The molecule has 0 atom stereocenters. The second kappa shape index (κ2) is 22.9. The molecule has 0 saturated heterocycles. The SMILES string of the molecule is Fc1[c-]c(F)c(F)c(F)c1F.OB(O)O.OB(O)O.OB(O)O.OB(O)O.[Na+]. The third kappa shape index (κ3) is 40.4. The van der Waals surface area contributed by atoms with Gasteiger partial charge in [0.25, 0.3) is 0 Å². The minimum absolute atomic E-state index is 0. The van der Waals surface area contributed by atoms with Crippen LogP contribution in [0.25, 0.3) is 0 Å². The second-order valence-corrected chi connectivity index (χ2v) is 3.08. The topological polar surface area (TPSA) is 243 Å². The van der Waals surface area contributed by atoms with E-state index in [0.717, 1.165) is 6.07 Å². The Morgan fingerprint density at radius 1 is 0.429 bits per heavy atom. The Labute approximate surface area is 176 Å². The van der Waals surface area contributed by atoms with Crippen molar-refractivity contribution in [2.24, 2.45) is 0 Å². The van der Waals surface area contributed by atoms with Gasteiger partial charge in [-0.25, -0.2) is 13.2 Å². The van der Waals surface area contributed by atoms with Crippen molar-refractivity contribution in [1.29, 1.82) is 0 Å². The number of halogens is 5. The van der Waals surface area contributed by atoms with Crippen LogP contribution < -0.4 is 29.6 Å². The van der Waals surface area contributed by atoms with E-state index in [2.05, 4.69) is 0 Å². The van der Waals surface area contributed by atoms with Crippen LogP contribution in [-0.2, 0) is 0 Å². The summed E-state index contributed by atoms with van der Waals surface area (Å²) in [7, 11) is -8.67. The van der Waals surface area contributed by atoms with Gasteiger partial charge in [-0.2, -0.15) is 0 Å². The summed E-state index contributed by atoms with van der Waals surface area (Å²) in [6.45, 7) is 0. The van der Waals surface area contributed by atoms with Crippen LogP contribution in [-0.4, -0.2) is 89.6 Å². The van der Waals surface area contributed by atoms with Crippen LogP contribution in [0.5, 0.6) is 0 Å². The largest absolute Gasteiger partial charge is 1.00 e. The second-order valence-electron chi connectivity index (χ2n) is 3.08. The van der Waals surface area contributed by atoms with Crippen molar-refractivity contribution in [2.75, 3.05) is 0 Å². The first-order chi connectivity index (χ1) is 12.0. The molecule has 28 heavy (non-hydrogen) atoms. The molecule has 0 aliphatic carbocycles. The van der Waals surface area contributed by atoms with E-state index in [1.807, 2.05) is 0 Å². The molecule has 0 bridgehead atoms. The van der Waals surface area contributed by atoms with Crippen LogP contribution in [0.15, 0.2) is 0 Å². The average Bonchev–Trinajstić information content (AvgIpc) is 2.40. The molecule has 1 rings (SSSR count). The normalized spacial score (nSPS) is 7.89. The van der Waals surface area contributed by atoms with Gasteiger partial charge >= 0.3 is 58.8 Å². The van der Waals surface area contributed by atoms with E-state index in [4.69, 9.17) is 60.3 Å². The van der Waals surface area contributed by atoms with E-state index < -0.39 is 58.4 Å². The van der Waals surface area contributed by atoms with Crippen molar-refractivity contribution in [1.82, 2.24) is 0 Å². The smallest absolute Gasteiger partial charge is 0.402 e. The van der Waals surface area contributed by atoms with E-state index in [1.165, 1.54) is 0 Å². The molecular weight excluding hydrogens is 425 g/mol. The first kappa shape index (κ1) is 38.3. The molecule has 0 saturated carbocycles. The average molecular weight is 437 g/mol. The maximum absolute atomic E-state index is 12.0. The fourth-order valence-corrected chi connectivity index (χ4v) is 0.495. The van der Waals surface area contributed by atoms with E-state index in [9.17, 15) is 22.0 Å². The van der Waals surface area contributed by atoms with Gasteiger partial charge in [0, 0.05) is 0 Å². The Kier molecular flexibility index (Phi) is 31.4. The van der Waals surface area contributed by atoms with E-state index in [0.29, 0.717) is 0 Å². The van der Waals surface area contributed by atoms with Gasteiger partial charge in [0.2, 0.25) is 0 Å². The zero-order valence-electron chi connectivity index (χ0n) is 13.6. The summed E-state index contributed by atoms with van der Waals surface area (Å²) >= 11 is 0. The molecule has 0 aliphatic heterocycles. The maximum atomic E-state index is 12.0. The number of hydrogen-bond donors (Lipinski definition) is 12. The molecule has 0 spiro atoms. The van der Waals surface area contributed by atoms with Gasteiger partial charge in [-0.15, -0.1) is 6.07 Å². The molecule has 0 radical (unpaired) electrons. The van der Waals surface area contributed by atoms with Crippen molar-refractivity contribution in [2.45, 2.75) is 0 Å². The molecule has 0 aliphatic rings. The first-order valence-corrected chi connectivity index (χ1v) is 5.54. The van der Waals surface area contributed by atoms with Crippen LogP contribution in [0.2, 0.25) is 0 Å². The number of hydrogen-bond acceptors (Lipinski definition) is 12. The van der Waals surface area contributed by atoms with Crippen molar-refractivity contribution in [3.8, 4) is 0 Å². The molecule has 1 aromatic rings. The molecule has 0 unspecified atom stereocenters. The van der Waals surface area contributed by atoms with Crippen LogP contribution in [0.1, 0.15) is 0 Å². The van der Waals surface area contributed by atoms with Crippen molar-refractivity contribution in [3.63, 3.8) is 0 Å². The van der Waals surface area contributed by atoms with Crippen molar-refractivity contribution >= 4 is 29.3 Å². The van der Waals surface area contributed by atoms with Crippen LogP contribution in [0.3, 0.4) is 0 Å². The molecule has 0 amide bonds. The molecule has 12 nitrogen and oxygen atoms in total. The Bertz CT molecular complexity index is 429. The predicted molar refractivity (Wildman–Crippen MR) is 74.7 cm³/mol. The van der Waals surface area contributed by atoms with Crippen molar-refractivity contribution < 1.29 is 112 Å². The van der Waals surface area contributed by atoms with Crippen LogP contribution >= 0.6 is 0 Å². The first-order valence-electron chi connectivity index (χ1n) is 5.54. The summed E-state index contributed by atoms with van der Waals surface area (Å²) in [6, 6.07) is 1.02. The Hall–Kier alpha value is -0.350. The Morgan fingerprint density at radius 3 is 0.714 bits per heavy atom. The molecule has 12 N–H and O–H groups in total. The van der Waals surface area contributed by atoms with Gasteiger partial charge < -0.3 is 60.3 Å². The summed E-state index contributed by atoms with van der Waals surface area (Å²) < 4.78 is 59.9. The zero-order valence-corrected chi connectivity index (χ0v) is 15.6. The standard InChI is InChI=1S/C6F5.4BH3O3.Na/c7-2-1-3(8)5(10)6(11)4(2)9;4*2-1(3)4;/h;4*2-4H;/q-1;;;;;+1. The molecule has 156 valence electrons. The Morgan fingerprint density at radius 2 is 0.571 bits per heavy atom. The molecular formula is C6H12B4F5NaO12. The molecule has 0 heterocycles. The van der Waals surface area contributed by atoms with Crippen LogP contribution in [0, 0.1) is 35.2 Å². The van der Waals surface area contributed by atoms with E-state index >= 15 is 0 Å². The predicted octanol–water partition coefficient (Wildman–Crippen LogP) is -9.02. The quantitative estimate of drug-likeness (QED) is 0.0595. The minimum Gasteiger partial charge on any atom is -0.402 e. The van der Waals surface area contributed by atoms with Gasteiger partial charge in [-0.05, 0) is 0 Å². The number of benzene rings is 1. The summed E-state index contributed by atoms with van der Waals surface area (Å²) in [5.74, 6) is -10.0. The third-order valence-corrected chi connectivity index (χ3v) is 0.990. The fraction of sp³-hybridized carbons (Fsp3) is 0. The summed E-state index contributed by atoms with van der Waals surface area (Å²) in [5, 5.41) is 86.0. The van der Waals surface area contributed by atoms with Crippen molar-refractivity contribution in [3.05, 3.63) is 35.2 Å². The third-order valence-electron chi connectivity index (χ3n) is 0.990. The maximum Gasteiger partial charge on any atom is 1.00 e. The zero-order chi connectivity index (χ0) is 22.9. The van der Waals surface area contributed by atoms with Crippen LogP contribution in [0.4, 0.5) is 22.0 Å². The monoisotopic (exact) mass is 438 g/mol. The van der Waals surface area contributed by atoms with Gasteiger partial charge in [0.1, 0.15) is 0 Å². The molecule has 0 aromatic heterocycles. The summed E-state index contributed by atoms with van der Waals surface area (Å²) in [6.07, 6.45) is 0. The van der Waals surface area contributed by atoms with E-state index in [-0.39, 0.29) is 29.6 Å². The fourth-order valence-electron chi connectivity index (χ4n) is 0.495. The summed E-state index contributed by atoms with van der Waals surface area (Å²) in [5.41, 5.74) is 0. The van der Waals surface area contributed by atoms with Gasteiger partial charge in [0.15, 0.2) is 0 Å². The molecule has 0 fully saturated rings. The molecule has 22 heteroatoms. The van der Waals surface area contributed by atoms with Gasteiger partial charge in [-0.3, -0.25) is 8.78 Å². The summed E-state index contributed by atoms with van der Waals surface area (Å²) in [4.78, 5) is 0.